The molecule has 12 heavy (non-hydrogen) atoms. The molecule has 0 saturated carbocycles. The van der Waals surface area contributed by atoms with Gasteiger partial charge in [0.05, 0.1) is 6.26 Å². The minimum Gasteiger partial charge on any atom is -0.464 e. The number of allylic oxidation sites excluding steroid dienone is 2. The number of ether oxygens (including phenoxy) is 2. The first-order chi connectivity index (χ1) is 5.91. The predicted octanol–water partition coefficient (Wildman–Crippen LogP) is 0.792. The minimum absolute atomic E-state index is 0.270. The van der Waals surface area contributed by atoms with Gasteiger partial charge in [0.1, 0.15) is 6.61 Å². The Morgan fingerprint density at radius 2 is 1.83 bits per heavy atom. The Kier molecular flexibility index (Phi) is 8.18. The summed E-state index contributed by atoms with van der Waals surface area (Å²) in [5, 5.41) is 0. The van der Waals surface area contributed by atoms with Gasteiger partial charge in [0, 0.05) is 0 Å². The average molecular weight is 170 g/mol. The van der Waals surface area contributed by atoms with Crippen molar-refractivity contribution in [3.63, 3.8) is 0 Å². The fraction of sp³-hybridized carbons (Fsp3) is 0.250. The molecule has 0 amide bonds. The molecule has 0 bridgehead atoms. The Balaban J connectivity index is 3.22. The van der Waals surface area contributed by atoms with Crippen molar-refractivity contribution in [2.24, 2.45) is 0 Å². The number of hydrogen-bond donors (Lipinski definition) is 0. The second kappa shape index (κ2) is 9.42. The van der Waals surface area contributed by atoms with Crippen LogP contribution in [0.1, 0.15) is 6.42 Å². The number of hydrogen-bond acceptors (Lipinski definition) is 4. The zero-order valence-corrected chi connectivity index (χ0v) is 6.51. The van der Waals surface area contributed by atoms with Crippen molar-refractivity contribution < 1.29 is 19.1 Å². The van der Waals surface area contributed by atoms with Crippen LogP contribution in [0.2, 0.25) is 0 Å². The Labute approximate surface area is 70.5 Å². The summed E-state index contributed by atoms with van der Waals surface area (Å²) in [6, 6.07) is 0. The Morgan fingerprint density at radius 1 is 1.00 bits per heavy atom. The van der Waals surface area contributed by atoms with E-state index < -0.39 is 0 Å². The van der Waals surface area contributed by atoms with Crippen LogP contribution in [-0.4, -0.2) is 19.6 Å². The third-order valence-corrected chi connectivity index (χ3v) is 0.930. The van der Waals surface area contributed by atoms with Crippen LogP contribution in [0.5, 0.6) is 0 Å². The van der Waals surface area contributed by atoms with E-state index in [2.05, 4.69) is 9.47 Å². The van der Waals surface area contributed by atoms with E-state index in [1.807, 2.05) is 0 Å². The summed E-state index contributed by atoms with van der Waals surface area (Å²) in [5.74, 6) is 0. The van der Waals surface area contributed by atoms with Gasteiger partial charge in [0.15, 0.2) is 0 Å². The quantitative estimate of drug-likeness (QED) is 0.245. The molecule has 0 spiro atoms. The number of carbonyl (C=O) groups excluding carboxylic acids is 2. The van der Waals surface area contributed by atoms with Crippen LogP contribution in [0.4, 0.5) is 0 Å². The van der Waals surface area contributed by atoms with E-state index in [0.717, 1.165) is 0 Å². The van der Waals surface area contributed by atoms with E-state index in [1.54, 1.807) is 18.2 Å². The van der Waals surface area contributed by atoms with Crippen molar-refractivity contribution in [1.82, 2.24) is 0 Å². The van der Waals surface area contributed by atoms with Crippen LogP contribution in [-0.2, 0) is 19.1 Å². The van der Waals surface area contributed by atoms with Gasteiger partial charge in [0.2, 0.25) is 0 Å². The highest BCUT2D eigenvalue weighted by atomic mass is 16.5. The first-order valence-corrected chi connectivity index (χ1v) is 3.36. The lowest BCUT2D eigenvalue weighted by Gasteiger charge is -1.87. The predicted molar refractivity (Wildman–Crippen MR) is 42.1 cm³/mol. The topological polar surface area (TPSA) is 52.6 Å². The van der Waals surface area contributed by atoms with Crippen molar-refractivity contribution in [3.8, 4) is 0 Å². The van der Waals surface area contributed by atoms with Crippen LogP contribution >= 0.6 is 0 Å². The third-order valence-electron chi connectivity index (χ3n) is 0.930. The molecule has 0 fully saturated rings. The van der Waals surface area contributed by atoms with Gasteiger partial charge < -0.3 is 9.47 Å². The third kappa shape index (κ3) is 8.42. The molecule has 0 aromatic heterocycles. The minimum atomic E-state index is 0.270. The Hall–Kier alpha value is -1.58. The van der Waals surface area contributed by atoms with Crippen molar-refractivity contribution in [3.05, 3.63) is 24.5 Å². The summed E-state index contributed by atoms with van der Waals surface area (Å²) in [7, 11) is 0. The zero-order valence-electron chi connectivity index (χ0n) is 6.51. The highest BCUT2D eigenvalue weighted by molar-refractivity contribution is 5.38. The summed E-state index contributed by atoms with van der Waals surface area (Å²) in [5.41, 5.74) is 0. The average Bonchev–Trinajstić information content (AvgIpc) is 2.10. The molecular weight excluding hydrogens is 160 g/mol. The van der Waals surface area contributed by atoms with Gasteiger partial charge in [-0.1, -0.05) is 12.2 Å². The Morgan fingerprint density at radius 3 is 2.50 bits per heavy atom. The molecule has 0 aliphatic rings. The van der Waals surface area contributed by atoms with Gasteiger partial charge >= 0.3 is 0 Å². The standard InChI is InChI=1S/C8H10O4/c9-7-11-5-3-1-2-4-6-12-8-10/h1,3-4,6-8H,2,5H2. The summed E-state index contributed by atoms with van der Waals surface area (Å²) in [6.07, 6.45) is 7.06. The van der Waals surface area contributed by atoms with E-state index in [-0.39, 0.29) is 6.61 Å². The zero-order chi connectivity index (χ0) is 9.07. The van der Waals surface area contributed by atoms with E-state index in [4.69, 9.17) is 0 Å². The molecule has 0 aliphatic heterocycles. The van der Waals surface area contributed by atoms with E-state index >= 15 is 0 Å². The van der Waals surface area contributed by atoms with E-state index in [9.17, 15) is 9.59 Å². The molecule has 0 aliphatic carbocycles. The lowest BCUT2D eigenvalue weighted by atomic mass is 10.4. The number of rotatable bonds is 7. The van der Waals surface area contributed by atoms with Crippen LogP contribution in [0.3, 0.4) is 0 Å². The fourth-order valence-corrected chi connectivity index (χ4v) is 0.481. The maximum absolute atomic E-state index is 9.65. The lowest BCUT2D eigenvalue weighted by Crippen LogP contribution is -1.84. The maximum atomic E-state index is 9.65. The Bertz CT molecular complexity index is 172. The van der Waals surface area contributed by atoms with Gasteiger partial charge in [-0.15, -0.1) is 0 Å². The van der Waals surface area contributed by atoms with E-state index in [1.165, 1.54) is 6.26 Å². The first-order valence-electron chi connectivity index (χ1n) is 3.36. The van der Waals surface area contributed by atoms with Crippen molar-refractivity contribution >= 4 is 12.9 Å². The summed E-state index contributed by atoms with van der Waals surface area (Å²) in [6.45, 7) is 0.997. The molecule has 0 radical (unpaired) electrons. The molecule has 4 heteroatoms. The van der Waals surface area contributed by atoms with Gasteiger partial charge in [0.25, 0.3) is 12.9 Å². The fourth-order valence-electron chi connectivity index (χ4n) is 0.481. The molecule has 66 valence electrons. The van der Waals surface area contributed by atoms with Crippen molar-refractivity contribution in [2.45, 2.75) is 6.42 Å². The molecule has 0 atom stereocenters. The molecular formula is C8H10O4. The number of carbonyl (C=O) groups is 2. The van der Waals surface area contributed by atoms with Crippen LogP contribution in [0, 0.1) is 0 Å². The molecule has 4 nitrogen and oxygen atoms in total. The molecule has 0 rings (SSSR count). The van der Waals surface area contributed by atoms with Crippen molar-refractivity contribution in [2.75, 3.05) is 6.61 Å². The molecule has 0 heterocycles. The normalized spacial score (nSPS) is 10.3. The van der Waals surface area contributed by atoms with Crippen molar-refractivity contribution in [1.29, 1.82) is 0 Å². The molecule has 0 N–H and O–H groups in total. The highest BCUT2D eigenvalue weighted by Crippen LogP contribution is 1.86. The SMILES string of the molecule is O=COC=CCC=CCOC=O. The van der Waals surface area contributed by atoms with Crippen LogP contribution in [0.25, 0.3) is 0 Å². The van der Waals surface area contributed by atoms with E-state index in [0.29, 0.717) is 19.4 Å². The summed E-state index contributed by atoms with van der Waals surface area (Å²) in [4.78, 5) is 19.3. The van der Waals surface area contributed by atoms with Gasteiger partial charge in [-0.2, -0.15) is 0 Å². The molecule has 0 saturated heterocycles. The highest BCUT2D eigenvalue weighted by Gasteiger charge is 1.74. The van der Waals surface area contributed by atoms with Gasteiger partial charge in [-0.05, 0) is 12.5 Å². The van der Waals surface area contributed by atoms with Gasteiger partial charge in [-0.25, -0.2) is 0 Å². The largest absolute Gasteiger partial charge is 0.464 e. The lowest BCUT2D eigenvalue weighted by molar-refractivity contribution is -0.127. The first kappa shape index (κ1) is 10.4. The summed E-state index contributed by atoms with van der Waals surface area (Å²) >= 11 is 0. The smallest absolute Gasteiger partial charge is 0.297 e. The monoisotopic (exact) mass is 170 g/mol. The maximum Gasteiger partial charge on any atom is 0.297 e. The van der Waals surface area contributed by atoms with Crippen LogP contribution < -0.4 is 0 Å². The van der Waals surface area contributed by atoms with Crippen LogP contribution in [0.15, 0.2) is 24.5 Å². The second-order valence-corrected chi connectivity index (χ2v) is 1.74. The van der Waals surface area contributed by atoms with Gasteiger partial charge in [-0.3, -0.25) is 9.59 Å². The summed E-state index contributed by atoms with van der Waals surface area (Å²) < 4.78 is 8.66. The molecule has 0 unspecified atom stereocenters. The second-order valence-electron chi connectivity index (χ2n) is 1.74. The molecule has 0 aromatic rings. The molecule has 0 aromatic carbocycles.